The number of amides is 1. The van der Waals surface area contributed by atoms with Gasteiger partial charge in [0.1, 0.15) is 5.82 Å². The first-order valence-corrected chi connectivity index (χ1v) is 9.07. The van der Waals surface area contributed by atoms with Crippen molar-refractivity contribution >= 4 is 23.1 Å². The van der Waals surface area contributed by atoms with E-state index >= 15 is 0 Å². The summed E-state index contributed by atoms with van der Waals surface area (Å²) in [5.74, 6) is 0.859. The molecule has 1 amide bonds. The summed E-state index contributed by atoms with van der Waals surface area (Å²) in [5, 5.41) is 7.39. The Bertz CT molecular complexity index is 1120. The third-order valence-corrected chi connectivity index (χ3v) is 4.53. The van der Waals surface area contributed by atoms with Crippen LogP contribution in [0.2, 0.25) is 0 Å². The SMILES string of the molecule is CC(=O)Nc1cccc(-c2cnn3c(N(C)Cc4ccccc4)ccnc23)c1. The molecule has 6 nitrogen and oxygen atoms in total. The van der Waals surface area contributed by atoms with E-state index in [1.54, 1.807) is 6.20 Å². The summed E-state index contributed by atoms with van der Waals surface area (Å²) in [4.78, 5) is 18.0. The second-order valence-corrected chi connectivity index (χ2v) is 6.70. The molecule has 2 aromatic carbocycles. The minimum absolute atomic E-state index is 0.0973. The zero-order valence-corrected chi connectivity index (χ0v) is 15.8. The van der Waals surface area contributed by atoms with E-state index in [0.717, 1.165) is 34.8 Å². The number of rotatable bonds is 5. The molecule has 0 fully saturated rings. The molecule has 0 atom stereocenters. The fourth-order valence-corrected chi connectivity index (χ4v) is 3.28. The highest BCUT2D eigenvalue weighted by Gasteiger charge is 2.13. The highest BCUT2D eigenvalue weighted by Crippen LogP contribution is 2.28. The average Bonchev–Trinajstić information content (AvgIpc) is 3.12. The molecule has 0 unspecified atom stereocenters. The molecule has 2 heterocycles. The molecule has 0 aliphatic rings. The summed E-state index contributed by atoms with van der Waals surface area (Å²) < 4.78 is 1.85. The van der Waals surface area contributed by atoms with Gasteiger partial charge >= 0.3 is 0 Å². The van der Waals surface area contributed by atoms with Crippen LogP contribution in [-0.2, 0) is 11.3 Å². The largest absolute Gasteiger partial charge is 0.355 e. The summed E-state index contributed by atoms with van der Waals surface area (Å²) >= 11 is 0. The zero-order valence-electron chi connectivity index (χ0n) is 15.8. The van der Waals surface area contributed by atoms with E-state index in [4.69, 9.17) is 0 Å². The molecule has 6 heteroatoms. The Morgan fingerprint density at radius 2 is 1.93 bits per heavy atom. The molecule has 0 saturated carbocycles. The van der Waals surface area contributed by atoms with Crippen molar-refractivity contribution in [3.8, 4) is 11.1 Å². The normalized spacial score (nSPS) is 10.8. The Kier molecular flexibility index (Phi) is 4.76. The number of fused-ring (bicyclic) bond motifs is 1. The molecule has 2 aromatic heterocycles. The predicted molar refractivity (Wildman–Crippen MR) is 111 cm³/mol. The first-order valence-electron chi connectivity index (χ1n) is 9.07. The van der Waals surface area contributed by atoms with Gasteiger partial charge in [-0.15, -0.1) is 0 Å². The van der Waals surface area contributed by atoms with E-state index < -0.39 is 0 Å². The second kappa shape index (κ2) is 7.52. The van der Waals surface area contributed by atoms with Crippen molar-refractivity contribution in [2.24, 2.45) is 0 Å². The number of carbonyl (C=O) groups excluding carboxylic acids is 1. The van der Waals surface area contributed by atoms with Crippen molar-refractivity contribution in [1.29, 1.82) is 0 Å². The number of anilines is 2. The van der Waals surface area contributed by atoms with Crippen LogP contribution in [0.3, 0.4) is 0 Å². The van der Waals surface area contributed by atoms with Crippen LogP contribution in [0.25, 0.3) is 16.8 Å². The van der Waals surface area contributed by atoms with E-state index in [-0.39, 0.29) is 5.91 Å². The maximum atomic E-state index is 11.3. The van der Waals surface area contributed by atoms with Crippen LogP contribution in [-0.4, -0.2) is 27.6 Å². The Labute approximate surface area is 163 Å². The van der Waals surface area contributed by atoms with Gasteiger partial charge in [0.2, 0.25) is 5.91 Å². The molecule has 0 saturated heterocycles. The van der Waals surface area contributed by atoms with Crippen LogP contribution in [0.5, 0.6) is 0 Å². The van der Waals surface area contributed by atoms with Crippen molar-refractivity contribution in [3.05, 3.63) is 78.6 Å². The van der Waals surface area contributed by atoms with Crippen molar-refractivity contribution < 1.29 is 4.79 Å². The summed E-state index contributed by atoms with van der Waals surface area (Å²) in [6, 6.07) is 20.0. The standard InChI is InChI=1S/C22H21N5O/c1-16(28)25-19-10-6-9-18(13-19)20-14-24-27-21(11-12-23-22(20)27)26(2)15-17-7-4-3-5-8-17/h3-14H,15H2,1-2H3,(H,25,28). The molecule has 140 valence electrons. The van der Waals surface area contributed by atoms with Crippen molar-refractivity contribution in [3.63, 3.8) is 0 Å². The summed E-state index contributed by atoms with van der Waals surface area (Å²) in [5.41, 5.74) is 4.63. The van der Waals surface area contributed by atoms with E-state index in [0.29, 0.717) is 0 Å². The van der Waals surface area contributed by atoms with Crippen molar-refractivity contribution in [2.75, 3.05) is 17.3 Å². The van der Waals surface area contributed by atoms with E-state index in [1.807, 2.05) is 66.3 Å². The Morgan fingerprint density at radius 3 is 2.71 bits per heavy atom. The highest BCUT2D eigenvalue weighted by molar-refractivity contribution is 5.90. The molecule has 0 bridgehead atoms. The average molecular weight is 371 g/mol. The maximum Gasteiger partial charge on any atom is 0.221 e. The van der Waals surface area contributed by atoms with Gasteiger partial charge in [-0.05, 0) is 29.3 Å². The minimum Gasteiger partial charge on any atom is -0.355 e. The third kappa shape index (κ3) is 3.57. The van der Waals surface area contributed by atoms with Crippen LogP contribution >= 0.6 is 0 Å². The Balaban J connectivity index is 1.70. The van der Waals surface area contributed by atoms with E-state index in [9.17, 15) is 4.79 Å². The summed E-state index contributed by atoms with van der Waals surface area (Å²) in [7, 11) is 2.04. The number of nitrogens with one attached hydrogen (secondary N) is 1. The lowest BCUT2D eigenvalue weighted by molar-refractivity contribution is -0.114. The summed E-state index contributed by atoms with van der Waals surface area (Å²) in [6.07, 6.45) is 3.62. The monoisotopic (exact) mass is 371 g/mol. The zero-order chi connectivity index (χ0) is 19.5. The fourth-order valence-electron chi connectivity index (χ4n) is 3.28. The van der Waals surface area contributed by atoms with Gasteiger partial charge < -0.3 is 10.2 Å². The van der Waals surface area contributed by atoms with Gasteiger partial charge in [-0.3, -0.25) is 4.79 Å². The first-order chi connectivity index (χ1) is 13.6. The number of aromatic nitrogens is 3. The van der Waals surface area contributed by atoms with Crippen LogP contribution in [0, 0.1) is 0 Å². The van der Waals surface area contributed by atoms with Gasteiger partial charge in [0.05, 0.1) is 6.20 Å². The predicted octanol–water partition coefficient (Wildman–Crippen LogP) is 3.99. The van der Waals surface area contributed by atoms with Crippen LogP contribution < -0.4 is 10.2 Å². The molecule has 1 N–H and O–H groups in total. The molecule has 4 aromatic rings. The Morgan fingerprint density at radius 1 is 1.11 bits per heavy atom. The molecule has 0 radical (unpaired) electrons. The van der Waals surface area contributed by atoms with Gasteiger partial charge in [0.15, 0.2) is 5.65 Å². The first kappa shape index (κ1) is 17.7. The van der Waals surface area contributed by atoms with Gasteiger partial charge in [-0.2, -0.15) is 9.61 Å². The van der Waals surface area contributed by atoms with E-state index in [1.165, 1.54) is 12.5 Å². The number of hydrogen-bond acceptors (Lipinski definition) is 4. The van der Waals surface area contributed by atoms with Crippen LogP contribution in [0.15, 0.2) is 73.1 Å². The number of carbonyl (C=O) groups is 1. The molecular formula is C22H21N5O. The van der Waals surface area contributed by atoms with Gasteiger partial charge in [0.25, 0.3) is 0 Å². The highest BCUT2D eigenvalue weighted by atomic mass is 16.1. The van der Waals surface area contributed by atoms with Gasteiger partial charge in [-0.25, -0.2) is 4.98 Å². The molecule has 4 rings (SSSR count). The third-order valence-electron chi connectivity index (χ3n) is 4.53. The molecule has 28 heavy (non-hydrogen) atoms. The van der Waals surface area contributed by atoms with Crippen LogP contribution in [0.4, 0.5) is 11.5 Å². The lowest BCUT2D eigenvalue weighted by atomic mass is 10.1. The van der Waals surface area contributed by atoms with Crippen molar-refractivity contribution in [1.82, 2.24) is 14.6 Å². The fraction of sp³-hybridized carbons (Fsp3) is 0.136. The van der Waals surface area contributed by atoms with Crippen LogP contribution in [0.1, 0.15) is 12.5 Å². The smallest absolute Gasteiger partial charge is 0.221 e. The molecule has 0 aliphatic carbocycles. The molecular weight excluding hydrogens is 350 g/mol. The quantitative estimate of drug-likeness (QED) is 0.576. The molecule has 0 aliphatic heterocycles. The maximum absolute atomic E-state index is 11.3. The number of benzene rings is 2. The molecule has 0 spiro atoms. The number of nitrogens with zero attached hydrogens (tertiary/aromatic N) is 4. The van der Waals surface area contributed by atoms with Crippen molar-refractivity contribution in [2.45, 2.75) is 13.5 Å². The Hall–Kier alpha value is -3.67. The lowest BCUT2D eigenvalue weighted by Gasteiger charge is -2.20. The van der Waals surface area contributed by atoms with Gasteiger partial charge in [-0.1, -0.05) is 42.5 Å². The topological polar surface area (TPSA) is 62.5 Å². The second-order valence-electron chi connectivity index (χ2n) is 6.70. The van der Waals surface area contributed by atoms with Gasteiger partial charge in [0, 0.05) is 38.0 Å². The minimum atomic E-state index is -0.0973. The number of hydrogen-bond donors (Lipinski definition) is 1. The lowest BCUT2D eigenvalue weighted by Crippen LogP contribution is -2.19. The van der Waals surface area contributed by atoms with E-state index in [2.05, 4.69) is 32.4 Å². The summed E-state index contributed by atoms with van der Waals surface area (Å²) in [6.45, 7) is 2.27.